The van der Waals surface area contributed by atoms with Crippen molar-refractivity contribution in [2.24, 2.45) is 5.92 Å². The van der Waals surface area contributed by atoms with Crippen LogP contribution < -0.4 is 4.74 Å². The Bertz CT molecular complexity index is 740. The van der Waals surface area contributed by atoms with E-state index in [0.29, 0.717) is 12.6 Å². The molecule has 1 aromatic carbocycles. The van der Waals surface area contributed by atoms with E-state index in [1.165, 1.54) is 0 Å². The van der Waals surface area contributed by atoms with E-state index in [2.05, 4.69) is 15.6 Å². The van der Waals surface area contributed by atoms with Gasteiger partial charge in [0.15, 0.2) is 0 Å². The van der Waals surface area contributed by atoms with Gasteiger partial charge in [0.05, 0.1) is 12.0 Å². The molecule has 0 unspecified atom stereocenters. The summed E-state index contributed by atoms with van der Waals surface area (Å²) in [7, 11) is 0. The van der Waals surface area contributed by atoms with Gasteiger partial charge >= 0.3 is 0 Å². The number of hydrogen-bond donors (Lipinski definition) is 0. The largest absolute Gasteiger partial charge is 0.492 e. The lowest BCUT2D eigenvalue weighted by molar-refractivity contribution is -0.138. The maximum absolute atomic E-state index is 13.0. The van der Waals surface area contributed by atoms with E-state index in [9.17, 15) is 4.79 Å². The molecule has 5 heteroatoms. The molecule has 1 saturated heterocycles. The van der Waals surface area contributed by atoms with Crippen LogP contribution in [0, 0.1) is 12.8 Å². The highest BCUT2D eigenvalue weighted by atomic mass is 16.5. The minimum absolute atomic E-state index is 0.0671. The molecule has 1 amide bonds. The summed E-state index contributed by atoms with van der Waals surface area (Å²) in [4.78, 5) is 19.3. The molecule has 2 aliphatic heterocycles. The van der Waals surface area contributed by atoms with Crippen LogP contribution in [0.15, 0.2) is 36.7 Å². The highest BCUT2D eigenvalue weighted by molar-refractivity contribution is 5.80. The van der Waals surface area contributed by atoms with Crippen LogP contribution in [0.5, 0.6) is 5.75 Å². The molecule has 2 aromatic rings. The number of nitrogens with zero attached hydrogens (tertiary/aromatic N) is 3. The minimum atomic E-state index is -0.0671. The number of likely N-dealkylation sites (tertiary alicyclic amines) is 1. The molecule has 2 aliphatic rings. The molecule has 0 saturated carbocycles. The van der Waals surface area contributed by atoms with E-state index >= 15 is 0 Å². The third-order valence-electron chi connectivity index (χ3n) is 5.19. The predicted octanol–water partition coefficient (Wildman–Crippen LogP) is 2.61. The normalized spacial score (nSPS) is 23.5. The second-order valence-electron chi connectivity index (χ2n) is 6.78. The zero-order valence-corrected chi connectivity index (χ0v) is 14.0. The van der Waals surface area contributed by atoms with Crippen LogP contribution in [-0.2, 0) is 11.2 Å². The Hall–Kier alpha value is -2.30. The van der Waals surface area contributed by atoms with Crippen molar-refractivity contribution < 1.29 is 9.53 Å². The molecule has 0 bridgehead atoms. The maximum Gasteiger partial charge on any atom is 0.229 e. The number of amides is 1. The van der Waals surface area contributed by atoms with Gasteiger partial charge < -0.3 is 14.2 Å². The Morgan fingerprint density at radius 1 is 1.33 bits per heavy atom. The summed E-state index contributed by atoms with van der Waals surface area (Å²) in [5.41, 5.74) is 1.14. The molecule has 1 aromatic heterocycles. The number of piperidine rings is 1. The molecular weight excluding hydrogens is 302 g/mol. The predicted molar refractivity (Wildman–Crippen MR) is 90.9 cm³/mol. The first kappa shape index (κ1) is 15.2. The average molecular weight is 325 g/mol. The third-order valence-corrected chi connectivity index (χ3v) is 5.19. The van der Waals surface area contributed by atoms with Gasteiger partial charge in [-0.2, -0.15) is 0 Å². The van der Waals surface area contributed by atoms with Gasteiger partial charge in [0.25, 0.3) is 0 Å². The molecule has 126 valence electrons. The number of imidazole rings is 1. The van der Waals surface area contributed by atoms with Gasteiger partial charge in [-0.25, -0.2) is 4.98 Å². The fraction of sp³-hybridized carbons (Fsp3) is 0.474. The maximum atomic E-state index is 13.0. The number of para-hydroxylation sites is 1. The summed E-state index contributed by atoms with van der Waals surface area (Å²) in [6.07, 6.45) is 6.78. The topological polar surface area (TPSA) is 47.4 Å². The van der Waals surface area contributed by atoms with Crippen molar-refractivity contribution in [1.29, 1.82) is 0 Å². The Balaban J connectivity index is 1.46. The molecule has 0 N–H and O–H groups in total. The fourth-order valence-corrected chi connectivity index (χ4v) is 3.90. The first-order chi connectivity index (χ1) is 11.7. The standard InChI is InChI=1S/C19H23N3O2/c1-14-20-8-10-22(14)17-6-4-9-21(12-17)19(23)16-11-15-5-2-3-7-18(15)24-13-16/h2-3,5,7-8,10,16-17H,4,6,9,11-13H2,1H3/t16-,17+/m1/s1. The molecular formula is C19H23N3O2. The Kier molecular flexibility index (Phi) is 4.00. The van der Waals surface area contributed by atoms with Crippen molar-refractivity contribution in [3.8, 4) is 5.75 Å². The molecule has 4 rings (SSSR count). The van der Waals surface area contributed by atoms with Crippen LogP contribution in [0.2, 0.25) is 0 Å². The molecule has 1 fully saturated rings. The zero-order valence-electron chi connectivity index (χ0n) is 14.0. The highest BCUT2D eigenvalue weighted by Crippen LogP contribution is 2.29. The minimum Gasteiger partial charge on any atom is -0.492 e. The Labute approximate surface area is 142 Å². The van der Waals surface area contributed by atoms with Gasteiger partial charge in [-0.3, -0.25) is 4.79 Å². The number of rotatable bonds is 2. The summed E-state index contributed by atoms with van der Waals surface area (Å²) in [6.45, 7) is 4.13. The first-order valence-corrected chi connectivity index (χ1v) is 8.71. The molecule has 0 aliphatic carbocycles. The number of fused-ring (bicyclic) bond motifs is 1. The molecule has 24 heavy (non-hydrogen) atoms. The van der Waals surface area contributed by atoms with E-state index in [4.69, 9.17) is 4.74 Å². The second-order valence-corrected chi connectivity index (χ2v) is 6.78. The molecule has 2 atom stereocenters. The number of aryl methyl sites for hydroxylation is 1. The lowest BCUT2D eigenvalue weighted by Gasteiger charge is -2.36. The summed E-state index contributed by atoms with van der Waals surface area (Å²) >= 11 is 0. The molecule has 5 nitrogen and oxygen atoms in total. The number of ether oxygens (including phenoxy) is 1. The SMILES string of the molecule is Cc1nccn1[C@H]1CCCN(C(=O)[C@H]2COc3ccccc3C2)C1. The summed E-state index contributed by atoms with van der Waals surface area (Å²) in [5.74, 6) is 2.10. The van der Waals surface area contributed by atoms with E-state index in [-0.39, 0.29) is 11.8 Å². The van der Waals surface area contributed by atoms with Crippen LogP contribution in [0.25, 0.3) is 0 Å². The van der Waals surface area contributed by atoms with Gasteiger partial charge in [-0.15, -0.1) is 0 Å². The van der Waals surface area contributed by atoms with E-state index in [1.807, 2.05) is 42.4 Å². The van der Waals surface area contributed by atoms with Gasteiger partial charge in [-0.1, -0.05) is 18.2 Å². The van der Waals surface area contributed by atoms with Crippen LogP contribution >= 0.6 is 0 Å². The quantitative estimate of drug-likeness (QED) is 0.853. The lowest BCUT2D eigenvalue weighted by Crippen LogP contribution is -2.46. The van der Waals surface area contributed by atoms with Crippen LogP contribution in [0.4, 0.5) is 0 Å². The van der Waals surface area contributed by atoms with Crippen molar-refractivity contribution in [2.45, 2.75) is 32.2 Å². The van der Waals surface area contributed by atoms with Crippen LogP contribution in [0.1, 0.15) is 30.3 Å². The smallest absolute Gasteiger partial charge is 0.229 e. The fourth-order valence-electron chi connectivity index (χ4n) is 3.90. The van der Waals surface area contributed by atoms with Crippen molar-refractivity contribution >= 4 is 5.91 Å². The Morgan fingerprint density at radius 2 is 2.21 bits per heavy atom. The van der Waals surface area contributed by atoms with Crippen molar-refractivity contribution in [1.82, 2.24) is 14.5 Å². The van der Waals surface area contributed by atoms with Gasteiger partial charge in [0, 0.05) is 25.5 Å². The third kappa shape index (κ3) is 2.79. The summed E-state index contributed by atoms with van der Waals surface area (Å²) in [5, 5.41) is 0. The number of benzene rings is 1. The molecule has 0 radical (unpaired) electrons. The Morgan fingerprint density at radius 3 is 3.04 bits per heavy atom. The number of hydrogen-bond acceptors (Lipinski definition) is 3. The zero-order chi connectivity index (χ0) is 16.5. The monoisotopic (exact) mass is 325 g/mol. The number of carbonyl (C=O) groups is 1. The molecule has 3 heterocycles. The highest BCUT2D eigenvalue weighted by Gasteiger charge is 2.32. The van der Waals surface area contributed by atoms with Crippen molar-refractivity contribution in [3.63, 3.8) is 0 Å². The number of carbonyl (C=O) groups excluding carboxylic acids is 1. The second kappa shape index (κ2) is 6.30. The van der Waals surface area contributed by atoms with Crippen molar-refractivity contribution in [2.75, 3.05) is 19.7 Å². The van der Waals surface area contributed by atoms with Gasteiger partial charge in [0.1, 0.15) is 18.2 Å². The van der Waals surface area contributed by atoms with E-state index in [0.717, 1.165) is 49.5 Å². The number of aromatic nitrogens is 2. The van der Waals surface area contributed by atoms with Crippen LogP contribution in [0.3, 0.4) is 0 Å². The first-order valence-electron chi connectivity index (χ1n) is 8.71. The van der Waals surface area contributed by atoms with Gasteiger partial charge in [0.2, 0.25) is 5.91 Å². The molecule has 0 spiro atoms. The summed E-state index contributed by atoms with van der Waals surface area (Å²) in [6, 6.07) is 8.36. The van der Waals surface area contributed by atoms with E-state index in [1.54, 1.807) is 0 Å². The van der Waals surface area contributed by atoms with Crippen LogP contribution in [-0.4, -0.2) is 40.1 Å². The van der Waals surface area contributed by atoms with E-state index < -0.39 is 0 Å². The van der Waals surface area contributed by atoms with Gasteiger partial charge in [-0.05, 0) is 37.8 Å². The average Bonchev–Trinajstić information content (AvgIpc) is 3.07. The summed E-state index contributed by atoms with van der Waals surface area (Å²) < 4.78 is 8.00. The van der Waals surface area contributed by atoms with Crippen molar-refractivity contribution in [3.05, 3.63) is 48.0 Å². The lowest BCUT2D eigenvalue weighted by atomic mass is 9.94.